The zero-order valence-corrected chi connectivity index (χ0v) is 14.1. The van der Waals surface area contributed by atoms with Gasteiger partial charge in [0.15, 0.2) is 0 Å². The molecular weight excluding hydrogens is 262 g/mol. The molecule has 0 saturated carbocycles. The number of benzene rings is 1. The van der Waals surface area contributed by atoms with Crippen LogP contribution in [0.2, 0.25) is 0 Å². The van der Waals surface area contributed by atoms with Gasteiger partial charge in [0, 0.05) is 10.8 Å². The van der Waals surface area contributed by atoms with Crippen molar-refractivity contribution in [1.82, 2.24) is 5.32 Å². The van der Waals surface area contributed by atoms with Gasteiger partial charge < -0.3 is 5.32 Å². The van der Waals surface area contributed by atoms with Crippen molar-refractivity contribution < 1.29 is 0 Å². The van der Waals surface area contributed by atoms with Gasteiger partial charge in [-0.3, -0.25) is 0 Å². The first-order chi connectivity index (χ1) is 9.69. The molecule has 1 aliphatic rings. The van der Waals surface area contributed by atoms with Gasteiger partial charge in [-0.25, -0.2) is 0 Å². The number of aryl methyl sites for hydroxylation is 1. The van der Waals surface area contributed by atoms with E-state index >= 15 is 0 Å². The van der Waals surface area contributed by atoms with Crippen LogP contribution in [-0.4, -0.2) is 17.0 Å². The summed E-state index contributed by atoms with van der Waals surface area (Å²) in [5.74, 6) is 1.31. The lowest BCUT2D eigenvalue weighted by Crippen LogP contribution is -2.38. The molecular formula is C18H29NS. The van der Waals surface area contributed by atoms with Crippen LogP contribution in [-0.2, 0) is 6.42 Å². The van der Waals surface area contributed by atoms with Crippen LogP contribution in [0.15, 0.2) is 24.3 Å². The van der Waals surface area contributed by atoms with Crippen LogP contribution >= 0.6 is 11.8 Å². The zero-order valence-electron chi connectivity index (χ0n) is 13.2. The van der Waals surface area contributed by atoms with E-state index in [9.17, 15) is 0 Å². The first kappa shape index (κ1) is 15.9. The van der Waals surface area contributed by atoms with E-state index in [0.717, 1.165) is 6.54 Å². The Morgan fingerprint density at radius 2 is 2.15 bits per heavy atom. The summed E-state index contributed by atoms with van der Waals surface area (Å²) in [5, 5.41) is 3.82. The minimum absolute atomic E-state index is 0.361. The SMILES string of the molecule is CCCNC(c1cccc(CCC)c1)C1(C)CCCS1. The van der Waals surface area contributed by atoms with Crippen LogP contribution in [0, 0.1) is 0 Å². The van der Waals surface area contributed by atoms with E-state index in [2.05, 4.69) is 62.1 Å². The second-order valence-electron chi connectivity index (χ2n) is 6.15. The predicted octanol–water partition coefficient (Wildman–Crippen LogP) is 4.97. The maximum absolute atomic E-state index is 3.82. The van der Waals surface area contributed by atoms with Crippen LogP contribution in [0.1, 0.15) is 63.6 Å². The third kappa shape index (κ3) is 3.79. The van der Waals surface area contributed by atoms with E-state index in [0.29, 0.717) is 10.8 Å². The number of thioether (sulfide) groups is 1. The van der Waals surface area contributed by atoms with Crippen molar-refractivity contribution in [1.29, 1.82) is 0 Å². The quantitative estimate of drug-likeness (QED) is 0.761. The minimum Gasteiger partial charge on any atom is -0.309 e. The molecule has 2 atom stereocenters. The van der Waals surface area contributed by atoms with Gasteiger partial charge >= 0.3 is 0 Å². The Bertz CT molecular complexity index is 410. The molecule has 2 heteroatoms. The fraction of sp³-hybridized carbons (Fsp3) is 0.667. The lowest BCUT2D eigenvalue weighted by Gasteiger charge is -2.35. The molecule has 20 heavy (non-hydrogen) atoms. The van der Waals surface area contributed by atoms with Gasteiger partial charge in [-0.05, 0) is 56.0 Å². The molecule has 1 aromatic rings. The van der Waals surface area contributed by atoms with Crippen molar-refractivity contribution in [2.75, 3.05) is 12.3 Å². The third-order valence-corrected chi connectivity index (χ3v) is 5.87. The largest absolute Gasteiger partial charge is 0.309 e. The van der Waals surface area contributed by atoms with Gasteiger partial charge in [-0.15, -0.1) is 0 Å². The molecule has 0 aliphatic carbocycles. The Kier molecular flexibility index (Phi) is 5.98. The molecule has 2 rings (SSSR count). The van der Waals surface area contributed by atoms with Gasteiger partial charge in [0.1, 0.15) is 0 Å². The average molecular weight is 292 g/mol. The highest BCUT2D eigenvalue weighted by atomic mass is 32.2. The van der Waals surface area contributed by atoms with Crippen molar-refractivity contribution in [3.8, 4) is 0 Å². The normalized spacial score (nSPS) is 23.9. The molecule has 1 aliphatic heterocycles. The monoisotopic (exact) mass is 291 g/mol. The van der Waals surface area contributed by atoms with E-state index in [-0.39, 0.29) is 0 Å². The van der Waals surface area contributed by atoms with Gasteiger partial charge in [-0.2, -0.15) is 11.8 Å². The van der Waals surface area contributed by atoms with Crippen molar-refractivity contribution in [2.45, 2.75) is 63.7 Å². The second-order valence-corrected chi connectivity index (χ2v) is 7.78. The van der Waals surface area contributed by atoms with Gasteiger partial charge in [0.25, 0.3) is 0 Å². The molecule has 0 spiro atoms. The molecule has 1 fully saturated rings. The molecule has 2 unspecified atom stereocenters. The summed E-state index contributed by atoms with van der Waals surface area (Å²) in [4.78, 5) is 0. The second kappa shape index (κ2) is 7.51. The maximum atomic E-state index is 3.82. The predicted molar refractivity (Wildman–Crippen MR) is 91.6 cm³/mol. The molecule has 0 bridgehead atoms. The summed E-state index contributed by atoms with van der Waals surface area (Å²) in [7, 11) is 0. The molecule has 0 aromatic heterocycles. The molecule has 1 nitrogen and oxygen atoms in total. The number of hydrogen-bond donors (Lipinski definition) is 1. The van der Waals surface area contributed by atoms with Crippen LogP contribution in [0.3, 0.4) is 0 Å². The summed E-state index contributed by atoms with van der Waals surface area (Å²) in [6.45, 7) is 8.07. The van der Waals surface area contributed by atoms with E-state index in [1.165, 1.54) is 49.0 Å². The van der Waals surface area contributed by atoms with Crippen LogP contribution < -0.4 is 5.32 Å². The summed E-state index contributed by atoms with van der Waals surface area (Å²) >= 11 is 2.15. The molecule has 1 N–H and O–H groups in total. The molecule has 1 heterocycles. The van der Waals surface area contributed by atoms with Crippen LogP contribution in [0.5, 0.6) is 0 Å². The Balaban J connectivity index is 2.23. The van der Waals surface area contributed by atoms with Gasteiger partial charge in [0.2, 0.25) is 0 Å². The smallest absolute Gasteiger partial charge is 0.0466 e. The Morgan fingerprint density at radius 3 is 2.80 bits per heavy atom. The molecule has 0 radical (unpaired) electrons. The van der Waals surface area contributed by atoms with Crippen molar-refractivity contribution in [3.63, 3.8) is 0 Å². The summed E-state index contributed by atoms with van der Waals surface area (Å²) < 4.78 is 0.361. The van der Waals surface area contributed by atoms with E-state index in [1.807, 2.05) is 0 Å². The standard InChI is InChI=1S/C18H29NS/c1-4-8-15-9-6-10-16(14-15)17(19-12-5-2)18(3)11-7-13-20-18/h6,9-10,14,17,19H,4-5,7-8,11-13H2,1-3H3. The maximum Gasteiger partial charge on any atom is 0.0466 e. The molecule has 112 valence electrons. The number of nitrogens with one attached hydrogen (secondary N) is 1. The third-order valence-electron chi connectivity index (χ3n) is 4.28. The summed E-state index contributed by atoms with van der Waals surface area (Å²) in [6, 6.07) is 9.75. The number of hydrogen-bond acceptors (Lipinski definition) is 2. The van der Waals surface area contributed by atoms with Gasteiger partial charge in [-0.1, -0.05) is 44.5 Å². The fourth-order valence-electron chi connectivity index (χ4n) is 3.22. The Labute approximate surface area is 128 Å². The highest BCUT2D eigenvalue weighted by Crippen LogP contribution is 2.46. The highest BCUT2D eigenvalue weighted by Gasteiger charge is 2.38. The Hall–Kier alpha value is -0.470. The van der Waals surface area contributed by atoms with E-state index in [1.54, 1.807) is 0 Å². The first-order valence-electron chi connectivity index (χ1n) is 8.16. The first-order valence-corrected chi connectivity index (χ1v) is 9.14. The van der Waals surface area contributed by atoms with Crippen LogP contribution in [0.25, 0.3) is 0 Å². The molecule has 0 amide bonds. The molecule has 1 aromatic carbocycles. The van der Waals surface area contributed by atoms with E-state index < -0.39 is 0 Å². The lowest BCUT2D eigenvalue weighted by atomic mass is 9.89. The number of rotatable bonds is 7. The van der Waals surface area contributed by atoms with Crippen LogP contribution in [0.4, 0.5) is 0 Å². The van der Waals surface area contributed by atoms with Gasteiger partial charge in [0.05, 0.1) is 0 Å². The van der Waals surface area contributed by atoms with Crippen molar-refractivity contribution >= 4 is 11.8 Å². The Morgan fingerprint density at radius 1 is 1.30 bits per heavy atom. The highest BCUT2D eigenvalue weighted by molar-refractivity contribution is 8.00. The summed E-state index contributed by atoms with van der Waals surface area (Å²) in [6.07, 6.45) is 6.31. The molecule has 1 saturated heterocycles. The topological polar surface area (TPSA) is 12.0 Å². The summed E-state index contributed by atoms with van der Waals surface area (Å²) in [5.41, 5.74) is 2.97. The van der Waals surface area contributed by atoms with E-state index in [4.69, 9.17) is 0 Å². The van der Waals surface area contributed by atoms with Crippen molar-refractivity contribution in [3.05, 3.63) is 35.4 Å². The fourth-order valence-corrected chi connectivity index (χ4v) is 4.65. The lowest BCUT2D eigenvalue weighted by molar-refractivity contribution is 0.413. The zero-order chi connectivity index (χ0) is 14.4. The average Bonchev–Trinajstić information content (AvgIpc) is 2.88. The minimum atomic E-state index is 0.361. The van der Waals surface area contributed by atoms with Crippen molar-refractivity contribution in [2.24, 2.45) is 0 Å².